The van der Waals surface area contributed by atoms with E-state index in [-0.39, 0.29) is 43.9 Å². The highest BCUT2D eigenvalue weighted by atomic mass is 35.5. The molecule has 2 rings (SSSR count). The monoisotopic (exact) mass is 410 g/mol. The second-order valence-electron chi connectivity index (χ2n) is 6.11. The Balaban J connectivity index is 0.00000364. The number of carbonyl (C=O) groups excluding carboxylic acids is 1. The number of alkyl halides is 3. The first-order valence-electron chi connectivity index (χ1n) is 8.27. The van der Waals surface area contributed by atoms with Gasteiger partial charge in [0.25, 0.3) is 0 Å². The summed E-state index contributed by atoms with van der Waals surface area (Å²) in [5, 5.41) is 11.6. The fraction of sp³-hybridized carbons (Fsp3) is 0.529. The van der Waals surface area contributed by atoms with Gasteiger partial charge in [-0.1, -0.05) is 0 Å². The highest BCUT2D eigenvalue weighted by molar-refractivity contribution is 5.85. The van der Waals surface area contributed by atoms with E-state index >= 15 is 0 Å². The quantitative estimate of drug-likeness (QED) is 0.675. The van der Waals surface area contributed by atoms with Gasteiger partial charge < -0.3 is 15.2 Å². The summed E-state index contributed by atoms with van der Waals surface area (Å²) < 4.78 is 42.6. The van der Waals surface area contributed by atoms with Crippen molar-refractivity contribution in [1.82, 2.24) is 10.2 Å². The minimum atomic E-state index is -4.38. The molecule has 1 amide bonds. The molecule has 0 bridgehead atoms. The Bertz CT molecular complexity index is 618. The van der Waals surface area contributed by atoms with Crippen LogP contribution in [0.15, 0.2) is 24.3 Å². The van der Waals surface area contributed by atoms with Gasteiger partial charge in [0, 0.05) is 0 Å². The van der Waals surface area contributed by atoms with Gasteiger partial charge in [-0.15, -0.1) is 12.4 Å². The molecule has 1 aromatic rings. The molecule has 0 atom stereocenters. The molecule has 6 nitrogen and oxygen atoms in total. The van der Waals surface area contributed by atoms with E-state index in [9.17, 15) is 22.8 Å². The van der Waals surface area contributed by atoms with Crippen molar-refractivity contribution in [2.24, 2.45) is 5.92 Å². The van der Waals surface area contributed by atoms with Crippen molar-refractivity contribution < 1.29 is 32.6 Å². The maximum atomic E-state index is 12.4. The summed E-state index contributed by atoms with van der Waals surface area (Å²) in [6, 6.07) is 4.35. The van der Waals surface area contributed by atoms with Gasteiger partial charge in [0.05, 0.1) is 24.6 Å². The fourth-order valence-electron chi connectivity index (χ4n) is 2.70. The lowest BCUT2D eigenvalue weighted by Gasteiger charge is -2.29. The number of aliphatic carboxylic acids is 1. The molecule has 0 aromatic heterocycles. The zero-order valence-electron chi connectivity index (χ0n) is 14.5. The molecule has 2 N–H and O–H groups in total. The van der Waals surface area contributed by atoms with Crippen LogP contribution in [0.4, 0.5) is 13.2 Å². The van der Waals surface area contributed by atoms with Gasteiger partial charge >= 0.3 is 12.1 Å². The van der Waals surface area contributed by atoms with Gasteiger partial charge in [0.2, 0.25) is 5.91 Å². The summed E-state index contributed by atoms with van der Waals surface area (Å²) in [4.78, 5) is 24.6. The van der Waals surface area contributed by atoms with Crippen molar-refractivity contribution in [3.8, 4) is 5.75 Å². The number of carboxylic acid groups (broad SMARTS) is 1. The molecule has 1 aromatic carbocycles. The van der Waals surface area contributed by atoms with Crippen LogP contribution in [0.5, 0.6) is 5.75 Å². The minimum Gasteiger partial charge on any atom is -0.492 e. The van der Waals surface area contributed by atoms with Crippen LogP contribution in [0.3, 0.4) is 0 Å². The highest BCUT2D eigenvalue weighted by Gasteiger charge is 2.30. The average molecular weight is 411 g/mol. The van der Waals surface area contributed by atoms with E-state index in [4.69, 9.17) is 9.84 Å². The van der Waals surface area contributed by atoms with E-state index in [0.717, 1.165) is 12.1 Å². The molecule has 1 aliphatic heterocycles. The predicted octanol–water partition coefficient (Wildman–Crippen LogP) is 2.42. The zero-order valence-corrected chi connectivity index (χ0v) is 15.3. The molecule has 0 spiro atoms. The Morgan fingerprint density at radius 1 is 1.19 bits per heavy atom. The molecule has 0 saturated carbocycles. The summed E-state index contributed by atoms with van der Waals surface area (Å²) in [7, 11) is 0. The summed E-state index contributed by atoms with van der Waals surface area (Å²) in [6.07, 6.45) is -3.33. The molecular weight excluding hydrogens is 389 g/mol. The molecule has 1 saturated heterocycles. The number of carbonyl (C=O) groups is 2. The van der Waals surface area contributed by atoms with E-state index in [0.29, 0.717) is 31.7 Å². The predicted molar refractivity (Wildman–Crippen MR) is 94.0 cm³/mol. The van der Waals surface area contributed by atoms with Crippen LogP contribution >= 0.6 is 12.4 Å². The smallest absolute Gasteiger partial charge is 0.416 e. The third kappa shape index (κ3) is 7.64. The van der Waals surface area contributed by atoms with Gasteiger partial charge in [0.1, 0.15) is 12.4 Å². The molecule has 152 valence electrons. The van der Waals surface area contributed by atoms with Crippen LogP contribution in [0.1, 0.15) is 18.4 Å². The number of hydrogen-bond acceptors (Lipinski definition) is 4. The Hall–Kier alpha value is -2.00. The SMILES string of the molecule is Cl.O=C(CN1CCC(C(=O)O)CC1)NCCOc1ccc(C(F)(F)F)cc1. The highest BCUT2D eigenvalue weighted by Crippen LogP contribution is 2.30. The first-order chi connectivity index (χ1) is 12.3. The summed E-state index contributed by atoms with van der Waals surface area (Å²) in [5.74, 6) is -1.04. The van der Waals surface area contributed by atoms with Crippen molar-refractivity contribution in [3.63, 3.8) is 0 Å². The van der Waals surface area contributed by atoms with E-state index in [1.807, 2.05) is 4.90 Å². The number of nitrogens with one attached hydrogen (secondary N) is 1. The number of rotatable bonds is 7. The molecule has 0 unspecified atom stereocenters. The summed E-state index contributed by atoms with van der Waals surface area (Å²) >= 11 is 0. The maximum Gasteiger partial charge on any atom is 0.416 e. The number of hydrogen-bond donors (Lipinski definition) is 2. The number of ether oxygens (including phenoxy) is 1. The van der Waals surface area contributed by atoms with Gasteiger partial charge in [0.15, 0.2) is 0 Å². The van der Waals surface area contributed by atoms with Crippen LogP contribution in [-0.2, 0) is 15.8 Å². The number of piperidine rings is 1. The lowest BCUT2D eigenvalue weighted by Crippen LogP contribution is -2.43. The van der Waals surface area contributed by atoms with Crippen molar-refractivity contribution in [2.75, 3.05) is 32.8 Å². The average Bonchev–Trinajstić information content (AvgIpc) is 2.59. The zero-order chi connectivity index (χ0) is 19.2. The van der Waals surface area contributed by atoms with Crippen LogP contribution in [0.2, 0.25) is 0 Å². The molecule has 0 aliphatic carbocycles. The third-order valence-corrected chi connectivity index (χ3v) is 4.18. The number of amides is 1. The first kappa shape index (κ1) is 23.0. The Labute approximate surface area is 161 Å². The van der Waals surface area contributed by atoms with E-state index in [1.165, 1.54) is 12.1 Å². The van der Waals surface area contributed by atoms with Crippen molar-refractivity contribution in [3.05, 3.63) is 29.8 Å². The molecule has 10 heteroatoms. The minimum absolute atomic E-state index is 0. The van der Waals surface area contributed by atoms with Gasteiger partial charge in [-0.3, -0.25) is 14.5 Å². The Kier molecular flexibility index (Phi) is 8.84. The van der Waals surface area contributed by atoms with Crippen LogP contribution < -0.4 is 10.1 Å². The summed E-state index contributed by atoms with van der Waals surface area (Å²) in [6.45, 7) is 1.68. The van der Waals surface area contributed by atoms with Crippen LogP contribution in [-0.4, -0.2) is 54.7 Å². The van der Waals surface area contributed by atoms with Gasteiger partial charge in [-0.2, -0.15) is 13.2 Å². The number of carboxylic acids is 1. The van der Waals surface area contributed by atoms with Crippen molar-refractivity contribution >= 4 is 24.3 Å². The number of halogens is 4. The standard InChI is InChI=1S/C17H21F3N2O4.ClH/c18-17(19,20)13-1-3-14(4-2-13)26-10-7-21-15(23)11-22-8-5-12(6-9-22)16(24)25;/h1-4,12H,5-11H2,(H,21,23)(H,24,25);1H. The lowest BCUT2D eigenvalue weighted by atomic mass is 9.97. The Morgan fingerprint density at radius 3 is 2.30 bits per heavy atom. The third-order valence-electron chi connectivity index (χ3n) is 4.18. The molecular formula is C17H22ClF3N2O4. The van der Waals surface area contributed by atoms with E-state index in [1.54, 1.807) is 0 Å². The van der Waals surface area contributed by atoms with E-state index < -0.39 is 17.7 Å². The van der Waals surface area contributed by atoms with Crippen molar-refractivity contribution in [1.29, 1.82) is 0 Å². The topological polar surface area (TPSA) is 78.9 Å². The second kappa shape index (κ2) is 10.4. The molecule has 1 aliphatic rings. The van der Waals surface area contributed by atoms with Crippen LogP contribution in [0.25, 0.3) is 0 Å². The van der Waals surface area contributed by atoms with Gasteiger partial charge in [-0.25, -0.2) is 0 Å². The normalized spacial score (nSPS) is 15.7. The fourth-order valence-corrected chi connectivity index (χ4v) is 2.70. The number of benzene rings is 1. The van der Waals surface area contributed by atoms with Gasteiger partial charge in [-0.05, 0) is 50.2 Å². The maximum absolute atomic E-state index is 12.4. The Morgan fingerprint density at radius 2 is 1.78 bits per heavy atom. The lowest BCUT2D eigenvalue weighted by molar-refractivity contribution is -0.143. The first-order valence-corrected chi connectivity index (χ1v) is 8.27. The van der Waals surface area contributed by atoms with Crippen LogP contribution in [0, 0.1) is 5.92 Å². The molecule has 0 radical (unpaired) electrons. The summed E-state index contributed by atoms with van der Waals surface area (Å²) in [5.41, 5.74) is -0.746. The second-order valence-corrected chi connectivity index (χ2v) is 6.11. The molecule has 1 heterocycles. The van der Waals surface area contributed by atoms with Crippen molar-refractivity contribution in [2.45, 2.75) is 19.0 Å². The number of nitrogens with zero attached hydrogens (tertiary/aromatic N) is 1. The largest absolute Gasteiger partial charge is 0.492 e. The molecule has 1 fully saturated rings. The number of likely N-dealkylation sites (tertiary alicyclic amines) is 1. The van der Waals surface area contributed by atoms with E-state index in [2.05, 4.69) is 5.32 Å². The molecule has 27 heavy (non-hydrogen) atoms.